The molecular weight excluding hydrogens is 234 g/mol. The number of benzene rings is 1. The van der Waals surface area contributed by atoms with Crippen LogP contribution in [0.5, 0.6) is 5.75 Å². The SMILES string of the molecule is CCCC(C)C(CCOc1cccc(C)c1)NCC. The van der Waals surface area contributed by atoms with E-state index in [0.29, 0.717) is 12.0 Å². The molecule has 0 saturated heterocycles. The van der Waals surface area contributed by atoms with Gasteiger partial charge in [0.15, 0.2) is 0 Å². The molecule has 1 rings (SSSR count). The second-order valence-electron chi connectivity index (χ2n) is 5.38. The third-order valence-electron chi connectivity index (χ3n) is 3.58. The fraction of sp³-hybridized carbons (Fsp3) is 0.647. The van der Waals surface area contributed by atoms with Gasteiger partial charge >= 0.3 is 0 Å². The van der Waals surface area contributed by atoms with E-state index in [4.69, 9.17) is 4.74 Å². The number of aryl methyl sites for hydroxylation is 1. The first kappa shape index (κ1) is 16.0. The van der Waals surface area contributed by atoms with Crippen LogP contribution in [0.2, 0.25) is 0 Å². The Balaban J connectivity index is 2.39. The zero-order valence-electron chi connectivity index (χ0n) is 12.9. The highest BCUT2D eigenvalue weighted by molar-refractivity contribution is 5.27. The normalized spacial score (nSPS) is 14.1. The monoisotopic (exact) mass is 263 g/mol. The Morgan fingerprint density at radius 2 is 2.00 bits per heavy atom. The molecular formula is C17H29NO. The van der Waals surface area contributed by atoms with E-state index in [0.717, 1.165) is 25.3 Å². The smallest absolute Gasteiger partial charge is 0.119 e. The van der Waals surface area contributed by atoms with E-state index in [1.165, 1.54) is 18.4 Å². The first-order valence-electron chi connectivity index (χ1n) is 7.60. The predicted octanol–water partition coefficient (Wildman–Crippen LogP) is 4.18. The topological polar surface area (TPSA) is 21.3 Å². The lowest BCUT2D eigenvalue weighted by Crippen LogP contribution is -2.36. The molecule has 1 aromatic rings. The van der Waals surface area contributed by atoms with Crippen molar-refractivity contribution in [1.82, 2.24) is 5.32 Å². The summed E-state index contributed by atoms with van der Waals surface area (Å²) in [5.41, 5.74) is 1.25. The molecule has 0 aliphatic carbocycles. The third kappa shape index (κ3) is 6.11. The van der Waals surface area contributed by atoms with Crippen molar-refractivity contribution in [3.63, 3.8) is 0 Å². The van der Waals surface area contributed by atoms with Crippen molar-refractivity contribution in [3.8, 4) is 5.75 Å². The van der Waals surface area contributed by atoms with Crippen molar-refractivity contribution in [3.05, 3.63) is 29.8 Å². The number of rotatable bonds is 9. The van der Waals surface area contributed by atoms with Gasteiger partial charge < -0.3 is 10.1 Å². The Hall–Kier alpha value is -1.02. The summed E-state index contributed by atoms with van der Waals surface area (Å²) in [7, 11) is 0. The van der Waals surface area contributed by atoms with Gasteiger partial charge in [0.25, 0.3) is 0 Å². The van der Waals surface area contributed by atoms with Gasteiger partial charge in [-0.1, -0.05) is 39.3 Å². The molecule has 1 aromatic carbocycles. The molecule has 2 heteroatoms. The predicted molar refractivity (Wildman–Crippen MR) is 82.8 cm³/mol. The number of nitrogens with one attached hydrogen (secondary N) is 1. The second kappa shape index (κ2) is 8.98. The van der Waals surface area contributed by atoms with Crippen molar-refractivity contribution >= 4 is 0 Å². The molecule has 0 heterocycles. The minimum Gasteiger partial charge on any atom is -0.494 e. The quantitative estimate of drug-likeness (QED) is 0.721. The van der Waals surface area contributed by atoms with E-state index in [1.54, 1.807) is 0 Å². The zero-order valence-corrected chi connectivity index (χ0v) is 12.9. The summed E-state index contributed by atoms with van der Waals surface area (Å²) < 4.78 is 5.85. The molecule has 0 spiro atoms. The molecule has 19 heavy (non-hydrogen) atoms. The maximum absolute atomic E-state index is 5.85. The Morgan fingerprint density at radius 3 is 2.63 bits per heavy atom. The minimum absolute atomic E-state index is 0.565. The van der Waals surface area contributed by atoms with Crippen LogP contribution in [0.3, 0.4) is 0 Å². The van der Waals surface area contributed by atoms with E-state index in [2.05, 4.69) is 45.1 Å². The Labute approximate surface area is 118 Å². The molecule has 2 nitrogen and oxygen atoms in total. The average molecular weight is 263 g/mol. The highest BCUT2D eigenvalue weighted by atomic mass is 16.5. The zero-order chi connectivity index (χ0) is 14.1. The van der Waals surface area contributed by atoms with Crippen LogP contribution in [0.15, 0.2) is 24.3 Å². The van der Waals surface area contributed by atoms with Gasteiger partial charge in [-0.3, -0.25) is 0 Å². The third-order valence-corrected chi connectivity index (χ3v) is 3.58. The van der Waals surface area contributed by atoms with E-state index < -0.39 is 0 Å². The van der Waals surface area contributed by atoms with Gasteiger partial charge in [0.2, 0.25) is 0 Å². The van der Waals surface area contributed by atoms with E-state index in [1.807, 2.05) is 12.1 Å². The van der Waals surface area contributed by atoms with Crippen LogP contribution < -0.4 is 10.1 Å². The van der Waals surface area contributed by atoms with Gasteiger partial charge in [0, 0.05) is 6.04 Å². The largest absolute Gasteiger partial charge is 0.494 e. The van der Waals surface area contributed by atoms with Gasteiger partial charge in [-0.2, -0.15) is 0 Å². The summed E-state index contributed by atoms with van der Waals surface area (Å²) in [6, 6.07) is 8.83. The molecule has 2 unspecified atom stereocenters. The fourth-order valence-corrected chi connectivity index (χ4v) is 2.52. The fourth-order valence-electron chi connectivity index (χ4n) is 2.52. The van der Waals surface area contributed by atoms with Crippen LogP contribution in [-0.4, -0.2) is 19.2 Å². The van der Waals surface area contributed by atoms with E-state index in [9.17, 15) is 0 Å². The molecule has 0 amide bonds. The Kier molecular flexibility index (Phi) is 7.57. The molecule has 1 N–H and O–H groups in total. The standard InChI is InChI=1S/C17H29NO/c1-5-8-15(4)17(18-6-2)11-12-19-16-10-7-9-14(3)13-16/h7,9-10,13,15,17-18H,5-6,8,11-12H2,1-4H3. The average Bonchev–Trinajstić information content (AvgIpc) is 2.38. The van der Waals surface area contributed by atoms with Crippen molar-refractivity contribution in [1.29, 1.82) is 0 Å². The van der Waals surface area contributed by atoms with E-state index >= 15 is 0 Å². The van der Waals surface area contributed by atoms with E-state index in [-0.39, 0.29) is 0 Å². The maximum Gasteiger partial charge on any atom is 0.119 e. The van der Waals surface area contributed by atoms with Crippen LogP contribution in [0.4, 0.5) is 0 Å². The first-order valence-corrected chi connectivity index (χ1v) is 7.60. The van der Waals surface area contributed by atoms with Crippen molar-refractivity contribution in [2.45, 2.75) is 53.0 Å². The Bertz CT molecular complexity index is 351. The molecule has 0 aliphatic heterocycles. The van der Waals surface area contributed by atoms with Crippen LogP contribution in [0.1, 0.15) is 45.6 Å². The lowest BCUT2D eigenvalue weighted by molar-refractivity contribution is 0.252. The van der Waals surface area contributed by atoms with Gasteiger partial charge in [-0.05, 0) is 49.9 Å². The van der Waals surface area contributed by atoms with Crippen molar-refractivity contribution < 1.29 is 4.74 Å². The molecule has 2 atom stereocenters. The Morgan fingerprint density at radius 1 is 1.21 bits per heavy atom. The van der Waals surface area contributed by atoms with Gasteiger partial charge in [-0.25, -0.2) is 0 Å². The summed E-state index contributed by atoms with van der Waals surface area (Å²) in [6.45, 7) is 10.7. The van der Waals surface area contributed by atoms with Crippen LogP contribution in [-0.2, 0) is 0 Å². The van der Waals surface area contributed by atoms with Crippen molar-refractivity contribution in [2.75, 3.05) is 13.2 Å². The summed E-state index contributed by atoms with van der Waals surface area (Å²) in [4.78, 5) is 0. The van der Waals surface area contributed by atoms with Gasteiger partial charge in [0.1, 0.15) is 5.75 Å². The van der Waals surface area contributed by atoms with Crippen LogP contribution in [0.25, 0.3) is 0 Å². The molecule has 0 aromatic heterocycles. The summed E-state index contributed by atoms with van der Waals surface area (Å²) in [5.74, 6) is 1.70. The van der Waals surface area contributed by atoms with Crippen LogP contribution >= 0.6 is 0 Å². The summed E-state index contributed by atoms with van der Waals surface area (Å²) in [5, 5.41) is 3.58. The van der Waals surface area contributed by atoms with Gasteiger partial charge in [0.05, 0.1) is 6.61 Å². The summed E-state index contributed by atoms with van der Waals surface area (Å²) >= 11 is 0. The number of ether oxygens (including phenoxy) is 1. The highest BCUT2D eigenvalue weighted by Crippen LogP contribution is 2.16. The highest BCUT2D eigenvalue weighted by Gasteiger charge is 2.15. The maximum atomic E-state index is 5.85. The lowest BCUT2D eigenvalue weighted by Gasteiger charge is -2.24. The van der Waals surface area contributed by atoms with Crippen molar-refractivity contribution in [2.24, 2.45) is 5.92 Å². The molecule has 0 bridgehead atoms. The minimum atomic E-state index is 0.565. The molecule has 0 saturated carbocycles. The molecule has 0 aliphatic rings. The molecule has 0 radical (unpaired) electrons. The molecule has 108 valence electrons. The number of hydrogen-bond donors (Lipinski definition) is 1. The lowest BCUT2D eigenvalue weighted by atomic mass is 9.94. The van der Waals surface area contributed by atoms with Crippen LogP contribution in [0, 0.1) is 12.8 Å². The summed E-state index contributed by atoms with van der Waals surface area (Å²) in [6.07, 6.45) is 3.60. The number of hydrogen-bond acceptors (Lipinski definition) is 2. The first-order chi connectivity index (χ1) is 9.17. The second-order valence-corrected chi connectivity index (χ2v) is 5.38. The van der Waals surface area contributed by atoms with Gasteiger partial charge in [-0.15, -0.1) is 0 Å². The molecule has 0 fully saturated rings.